The zero-order valence-electron chi connectivity index (χ0n) is 19.7. The number of nitrogens with zero attached hydrogens (tertiary/aromatic N) is 2. The third-order valence-corrected chi connectivity index (χ3v) is 6.35. The van der Waals surface area contributed by atoms with Gasteiger partial charge in [0.1, 0.15) is 11.4 Å². The van der Waals surface area contributed by atoms with Crippen molar-refractivity contribution in [3.05, 3.63) is 39.4 Å². The van der Waals surface area contributed by atoms with E-state index in [-0.39, 0.29) is 11.4 Å². The van der Waals surface area contributed by atoms with Gasteiger partial charge in [-0.25, -0.2) is 9.18 Å². The van der Waals surface area contributed by atoms with Crippen LogP contribution in [0.1, 0.15) is 62.0 Å². The number of hydrogen-bond donors (Lipinski definition) is 1. The highest BCUT2D eigenvalue weighted by Crippen LogP contribution is 2.38. The van der Waals surface area contributed by atoms with Crippen molar-refractivity contribution in [2.24, 2.45) is 0 Å². The number of hydrogen-bond acceptors (Lipinski definition) is 9. The summed E-state index contributed by atoms with van der Waals surface area (Å²) in [6, 6.07) is 1.03. The minimum Gasteiger partial charge on any atom is -0.462 e. The maximum atomic E-state index is 15.4. The van der Waals surface area contributed by atoms with E-state index in [0.29, 0.717) is 55.5 Å². The summed E-state index contributed by atoms with van der Waals surface area (Å²) in [5.41, 5.74) is 0.494. The normalized spacial score (nSPS) is 17.7. The van der Waals surface area contributed by atoms with E-state index in [4.69, 9.17) is 4.65 Å². The summed E-state index contributed by atoms with van der Waals surface area (Å²) in [5.74, 6) is -3.49. The molecule has 2 aliphatic rings. The molecule has 1 N–H and O–H groups in total. The van der Waals surface area contributed by atoms with Crippen LogP contribution >= 0.6 is 0 Å². The maximum Gasteiger partial charge on any atom is 0.870 e. The van der Waals surface area contributed by atoms with E-state index in [0.717, 1.165) is 19.9 Å². The molecule has 1 aromatic heterocycles. The van der Waals surface area contributed by atoms with Crippen molar-refractivity contribution in [1.29, 1.82) is 0 Å². The Labute approximate surface area is 200 Å². The Morgan fingerprint density at radius 3 is 2.31 bits per heavy atom. The van der Waals surface area contributed by atoms with E-state index in [1.165, 1.54) is 6.20 Å². The van der Waals surface area contributed by atoms with Gasteiger partial charge in [0.2, 0.25) is 5.43 Å². The fourth-order valence-electron chi connectivity index (χ4n) is 4.71. The van der Waals surface area contributed by atoms with Crippen molar-refractivity contribution in [3.8, 4) is 0 Å². The Morgan fingerprint density at radius 2 is 1.71 bits per heavy atom. The van der Waals surface area contributed by atoms with Crippen LogP contribution in [0.2, 0.25) is 0 Å². The SMILES string of the molecule is CC(=O)OB(OC(C)=O)OC(=O)c1cn2c3c(c(N4CCC(O)CC4)c(F)cc3c1=O)CCC2C. The molecular weight excluding hydrogens is 462 g/mol. The summed E-state index contributed by atoms with van der Waals surface area (Å²) >= 11 is 0. The predicted molar refractivity (Wildman–Crippen MR) is 123 cm³/mol. The van der Waals surface area contributed by atoms with Crippen molar-refractivity contribution < 1.29 is 37.8 Å². The molecule has 1 saturated heterocycles. The molecule has 35 heavy (non-hydrogen) atoms. The molecule has 0 amide bonds. The van der Waals surface area contributed by atoms with Crippen LogP contribution in [-0.4, -0.2) is 54.1 Å². The number of piperidine rings is 1. The first-order valence-electron chi connectivity index (χ1n) is 11.5. The number of carbonyl (C=O) groups excluding carboxylic acids is 3. The van der Waals surface area contributed by atoms with Gasteiger partial charge in [0.05, 0.1) is 17.3 Å². The van der Waals surface area contributed by atoms with Gasteiger partial charge in [-0.3, -0.25) is 14.4 Å². The number of aromatic nitrogens is 1. The number of pyridine rings is 1. The minimum absolute atomic E-state index is 0.0239. The molecule has 12 heteroatoms. The third-order valence-electron chi connectivity index (χ3n) is 6.35. The Bertz CT molecular complexity index is 1240. The lowest BCUT2D eigenvalue weighted by Gasteiger charge is -2.36. The van der Waals surface area contributed by atoms with Crippen LogP contribution in [0.3, 0.4) is 0 Å². The van der Waals surface area contributed by atoms with Gasteiger partial charge in [0.25, 0.3) is 11.9 Å². The molecule has 1 atom stereocenters. The highest BCUT2D eigenvalue weighted by molar-refractivity contribution is 6.44. The third kappa shape index (κ3) is 4.88. The molecule has 3 heterocycles. The van der Waals surface area contributed by atoms with E-state index in [2.05, 4.69) is 9.31 Å². The highest BCUT2D eigenvalue weighted by Gasteiger charge is 2.37. The minimum atomic E-state index is -1.96. The zero-order valence-corrected chi connectivity index (χ0v) is 19.7. The van der Waals surface area contributed by atoms with Gasteiger partial charge in [-0.2, -0.15) is 0 Å². The van der Waals surface area contributed by atoms with E-state index >= 15 is 4.39 Å². The second-order valence-corrected chi connectivity index (χ2v) is 8.88. The van der Waals surface area contributed by atoms with Crippen LogP contribution in [0.25, 0.3) is 10.9 Å². The van der Waals surface area contributed by atoms with Gasteiger partial charge in [-0.1, -0.05) is 0 Å². The van der Waals surface area contributed by atoms with Crippen molar-refractivity contribution in [3.63, 3.8) is 0 Å². The molecule has 4 rings (SSSR count). The molecule has 1 fully saturated rings. The summed E-state index contributed by atoms with van der Waals surface area (Å²) in [5, 5.41) is 9.87. The molecule has 2 aromatic rings. The Hall–Kier alpha value is -3.41. The van der Waals surface area contributed by atoms with Crippen molar-refractivity contribution in [2.75, 3.05) is 18.0 Å². The molecule has 1 aromatic carbocycles. The first-order chi connectivity index (χ1) is 16.6. The van der Waals surface area contributed by atoms with Gasteiger partial charge in [0.15, 0.2) is 0 Å². The van der Waals surface area contributed by atoms with E-state index in [9.17, 15) is 24.3 Å². The van der Waals surface area contributed by atoms with E-state index < -0.39 is 48.1 Å². The van der Waals surface area contributed by atoms with Gasteiger partial charge in [-0.05, 0) is 38.7 Å². The predicted octanol–water partition coefficient (Wildman–Crippen LogP) is 1.88. The molecule has 0 aliphatic carbocycles. The molecule has 0 bridgehead atoms. The lowest BCUT2D eigenvalue weighted by atomic mass is 9.93. The van der Waals surface area contributed by atoms with Crippen molar-refractivity contribution in [2.45, 2.75) is 58.6 Å². The van der Waals surface area contributed by atoms with Crippen LogP contribution in [0.4, 0.5) is 10.1 Å². The average Bonchev–Trinajstić information content (AvgIpc) is 2.77. The Morgan fingerprint density at radius 1 is 1.09 bits per heavy atom. The van der Waals surface area contributed by atoms with Crippen molar-refractivity contribution >= 4 is 41.8 Å². The Kier molecular flexibility index (Phi) is 6.84. The Balaban J connectivity index is 1.80. The largest absolute Gasteiger partial charge is 0.870 e. The van der Waals surface area contributed by atoms with E-state index in [1.807, 2.05) is 11.8 Å². The van der Waals surface area contributed by atoms with Crippen LogP contribution in [-0.2, 0) is 30.0 Å². The van der Waals surface area contributed by atoms with Crippen LogP contribution in [0.15, 0.2) is 17.1 Å². The lowest BCUT2D eigenvalue weighted by Crippen LogP contribution is -2.38. The van der Waals surface area contributed by atoms with Gasteiger partial charge >= 0.3 is 13.3 Å². The fourth-order valence-corrected chi connectivity index (χ4v) is 4.71. The average molecular weight is 488 g/mol. The molecule has 2 aliphatic heterocycles. The number of aliphatic hydroxyl groups is 1. The second kappa shape index (κ2) is 9.69. The molecular formula is C23H26BFN2O8. The number of carbonyl (C=O) groups is 3. The highest BCUT2D eigenvalue weighted by atomic mass is 19.1. The molecule has 10 nitrogen and oxygen atoms in total. The lowest BCUT2D eigenvalue weighted by molar-refractivity contribution is -0.139. The van der Waals surface area contributed by atoms with Gasteiger partial charge in [0, 0.05) is 50.1 Å². The second-order valence-electron chi connectivity index (χ2n) is 8.88. The monoisotopic (exact) mass is 488 g/mol. The standard InChI is InChI=1S/C23H26BFN2O8/c1-12-4-5-16-20-17(10-19(25)21(16)26-8-6-15(30)7-9-26)22(31)18(11-27(12)20)23(32)35-24(33-13(2)28)34-14(3)29/h10-12,15,30H,4-9H2,1-3H3. The van der Waals surface area contributed by atoms with Crippen LogP contribution in [0.5, 0.6) is 0 Å². The van der Waals surface area contributed by atoms with Gasteiger partial charge in [-0.15, -0.1) is 0 Å². The van der Waals surface area contributed by atoms with Crippen LogP contribution < -0.4 is 10.3 Å². The van der Waals surface area contributed by atoms with Crippen molar-refractivity contribution in [1.82, 2.24) is 4.57 Å². The van der Waals surface area contributed by atoms with E-state index in [1.54, 1.807) is 4.57 Å². The number of halogens is 1. The number of benzene rings is 1. The summed E-state index contributed by atoms with van der Waals surface area (Å²) < 4.78 is 31.5. The smallest absolute Gasteiger partial charge is 0.462 e. The molecule has 0 radical (unpaired) electrons. The summed E-state index contributed by atoms with van der Waals surface area (Å²) in [6.45, 7) is 4.98. The number of aryl methyl sites for hydroxylation is 1. The molecule has 0 saturated carbocycles. The fraction of sp³-hybridized carbons (Fsp3) is 0.478. The number of aliphatic hydroxyl groups excluding tert-OH is 1. The number of anilines is 1. The zero-order chi connectivity index (χ0) is 25.4. The quantitative estimate of drug-likeness (QED) is 0.629. The summed E-state index contributed by atoms with van der Waals surface area (Å²) in [7, 11) is -1.96. The van der Waals surface area contributed by atoms with Gasteiger partial charge < -0.3 is 28.5 Å². The van der Waals surface area contributed by atoms with Crippen LogP contribution in [0, 0.1) is 5.82 Å². The number of rotatable bonds is 5. The first-order valence-corrected chi connectivity index (χ1v) is 11.5. The maximum absolute atomic E-state index is 15.4. The topological polar surface area (TPSA) is 124 Å². The molecule has 0 spiro atoms. The summed E-state index contributed by atoms with van der Waals surface area (Å²) in [6.07, 6.45) is 3.18. The first kappa shape index (κ1) is 24.7. The molecule has 186 valence electrons. The summed E-state index contributed by atoms with van der Waals surface area (Å²) in [4.78, 5) is 50.6. The molecule has 1 unspecified atom stereocenters.